The molecule has 0 aliphatic carbocycles. The second-order valence-electron chi connectivity index (χ2n) is 6.76. The molecule has 0 amide bonds. The van der Waals surface area contributed by atoms with Crippen molar-refractivity contribution in [3.8, 4) is 0 Å². The third-order valence-corrected chi connectivity index (χ3v) is 5.86. The van der Waals surface area contributed by atoms with E-state index in [4.69, 9.17) is 17.3 Å². The van der Waals surface area contributed by atoms with Crippen LogP contribution in [0.15, 0.2) is 47.3 Å². The summed E-state index contributed by atoms with van der Waals surface area (Å²) in [7, 11) is 0. The van der Waals surface area contributed by atoms with Crippen molar-refractivity contribution in [2.45, 2.75) is 26.9 Å². The molecule has 0 spiro atoms. The zero-order valence-corrected chi connectivity index (χ0v) is 17.6. The van der Waals surface area contributed by atoms with Crippen LogP contribution in [0.1, 0.15) is 21.8 Å². The minimum Gasteiger partial charge on any atom is -0.326 e. The molecule has 4 aromatic rings. The van der Waals surface area contributed by atoms with Gasteiger partial charge in [0, 0.05) is 17.3 Å². The molecule has 2 aromatic carbocycles. The van der Waals surface area contributed by atoms with Gasteiger partial charge in [0.1, 0.15) is 0 Å². The summed E-state index contributed by atoms with van der Waals surface area (Å²) in [5.41, 5.74) is 9.55. The normalized spacial score (nSPS) is 11.2. The topological polar surface area (TPSA) is 85.8 Å². The number of hydrogen-bond donors (Lipinski definition) is 2. The van der Waals surface area contributed by atoms with E-state index in [9.17, 15) is 4.79 Å². The predicted molar refractivity (Wildman–Crippen MR) is 119 cm³/mol. The maximum atomic E-state index is 13.1. The SMILES string of the molecule is Cc1nc2ccc(Nc3nc(C)c(CN)c(=O)n3Cc3ccc(Cl)cc3)cc2s1. The Labute approximate surface area is 177 Å². The molecule has 2 aromatic heterocycles. The molecule has 0 atom stereocenters. The van der Waals surface area contributed by atoms with E-state index < -0.39 is 0 Å². The molecule has 0 radical (unpaired) electrons. The Morgan fingerprint density at radius 2 is 1.90 bits per heavy atom. The molecule has 0 fully saturated rings. The molecule has 0 saturated carbocycles. The third-order valence-electron chi connectivity index (χ3n) is 4.68. The Balaban J connectivity index is 1.77. The molecule has 0 saturated heterocycles. The van der Waals surface area contributed by atoms with Gasteiger partial charge in [-0.25, -0.2) is 9.97 Å². The molecule has 29 heavy (non-hydrogen) atoms. The van der Waals surface area contributed by atoms with Crippen LogP contribution in [0.3, 0.4) is 0 Å². The van der Waals surface area contributed by atoms with Crippen molar-refractivity contribution in [2.24, 2.45) is 5.73 Å². The fourth-order valence-corrected chi connectivity index (χ4v) is 4.19. The van der Waals surface area contributed by atoms with E-state index in [0.29, 0.717) is 28.8 Å². The summed E-state index contributed by atoms with van der Waals surface area (Å²) in [6.45, 7) is 4.29. The minimum absolute atomic E-state index is 0.144. The number of thiazole rings is 1. The molecule has 0 bridgehead atoms. The number of hydrogen-bond acceptors (Lipinski definition) is 6. The fourth-order valence-electron chi connectivity index (χ4n) is 3.20. The predicted octanol–water partition coefficient (Wildman–Crippen LogP) is 4.37. The first-order valence-electron chi connectivity index (χ1n) is 9.13. The van der Waals surface area contributed by atoms with Crippen LogP contribution in [-0.2, 0) is 13.1 Å². The number of aryl methyl sites for hydroxylation is 2. The highest BCUT2D eigenvalue weighted by Gasteiger charge is 2.14. The summed E-state index contributed by atoms with van der Waals surface area (Å²) in [6, 6.07) is 13.3. The van der Waals surface area contributed by atoms with Gasteiger partial charge in [0.15, 0.2) is 0 Å². The van der Waals surface area contributed by atoms with E-state index in [1.54, 1.807) is 35.0 Å². The van der Waals surface area contributed by atoms with Crippen molar-refractivity contribution in [3.05, 3.63) is 79.7 Å². The molecule has 148 valence electrons. The third kappa shape index (κ3) is 4.03. The molecular weight excluding hydrogens is 406 g/mol. The Morgan fingerprint density at radius 3 is 2.62 bits per heavy atom. The van der Waals surface area contributed by atoms with E-state index in [-0.39, 0.29) is 12.1 Å². The smallest absolute Gasteiger partial charge is 0.259 e. The number of anilines is 2. The molecular formula is C21H20ClN5OS. The number of fused-ring (bicyclic) bond motifs is 1. The quantitative estimate of drug-likeness (QED) is 0.495. The Kier molecular flexibility index (Phi) is 5.36. The summed E-state index contributed by atoms with van der Waals surface area (Å²) >= 11 is 7.62. The monoisotopic (exact) mass is 425 g/mol. The van der Waals surface area contributed by atoms with Gasteiger partial charge in [0.05, 0.1) is 33.0 Å². The van der Waals surface area contributed by atoms with Crippen LogP contribution in [-0.4, -0.2) is 14.5 Å². The molecule has 4 rings (SSSR count). The number of nitrogens with one attached hydrogen (secondary N) is 1. The van der Waals surface area contributed by atoms with Crippen molar-refractivity contribution in [3.63, 3.8) is 0 Å². The molecule has 0 aliphatic heterocycles. The van der Waals surface area contributed by atoms with Gasteiger partial charge in [0.25, 0.3) is 5.56 Å². The second kappa shape index (κ2) is 7.94. The van der Waals surface area contributed by atoms with Crippen LogP contribution in [0, 0.1) is 13.8 Å². The molecule has 2 heterocycles. The van der Waals surface area contributed by atoms with Gasteiger partial charge in [-0.15, -0.1) is 11.3 Å². The maximum Gasteiger partial charge on any atom is 0.259 e. The Hall–Kier alpha value is -2.74. The number of rotatable bonds is 5. The molecule has 6 nitrogen and oxygen atoms in total. The number of nitrogens with two attached hydrogens (primary N) is 1. The first-order chi connectivity index (χ1) is 13.9. The van der Waals surface area contributed by atoms with Gasteiger partial charge >= 0.3 is 0 Å². The Morgan fingerprint density at radius 1 is 1.14 bits per heavy atom. The number of aromatic nitrogens is 3. The standard InChI is InChI=1S/C21H20ClN5OS/c1-12-17(10-23)20(28)27(11-14-3-5-15(22)6-4-14)21(24-12)26-16-7-8-18-19(9-16)29-13(2)25-18/h3-9H,10-11,23H2,1-2H3,(H,24,26). The second-order valence-corrected chi connectivity index (χ2v) is 8.43. The lowest BCUT2D eigenvalue weighted by Gasteiger charge is -2.16. The first-order valence-corrected chi connectivity index (χ1v) is 10.3. The van der Waals surface area contributed by atoms with Crippen LogP contribution in [0.25, 0.3) is 10.2 Å². The van der Waals surface area contributed by atoms with E-state index in [2.05, 4.69) is 15.3 Å². The van der Waals surface area contributed by atoms with Crippen LogP contribution < -0.4 is 16.6 Å². The highest BCUT2D eigenvalue weighted by Crippen LogP contribution is 2.26. The summed E-state index contributed by atoms with van der Waals surface area (Å²) < 4.78 is 2.69. The van der Waals surface area contributed by atoms with Crippen LogP contribution in [0.5, 0.6) is 0 Å². The van der Waals surface area contributed by atoms with Crippen LogP contribution in [0.2, 0.25) is 5.02 Å². The zero-order valence-electron chi connectivity index (χ0n) is 16.1. The van der Waals surface area contributed by atoms with Gasteiger partial charge in [0.2, 0.25) is 5.95 Å². The van der Waals surface area contributed by atoms with Crippen LogP contribution >= 0.6 is 22.9 Å². The lowest BCUT2D eigenvalue weighted by Crippen LogP contribution is -2.30. The van der Waals surface area contributed by atoms with E-state index >= 15 is 0 Å². The van der Waals surface area contributed by atoms with Gasteiger partial charge in [-0.2, -0.15) is 0 Å². The van der Waals surface area contributed by atoms with Crippen molar-refractivity contribution in [1.82, 2.24) is 14.5 Å². The molecule has 0 aliphatic rings. The molecule has 3 N–H and O–H groups in total. The number of halogens is 1. The summed E-state index contributed by atoms with van der Waals surface area (Å²) in [6.07, 6.45) is 0. The minimum atomic E-state index is -0.146. The number of benzene rings is 2. The van der Waals surface area contributed by atoms with E-state index in [1.165, 1.54) is 0 Å². The summed E-state index contributed by atoms with van der Waals surface area (Å²) in [5, 5.41) is 4.96. The van der Waals surface area contributed by atoms with Crippen LogP contribution in [0.4, 0.5) is 11.6 Å². The van der Waals surface area contributed by atoms with Gasteiger partial charge < -0.3 is 11.1 Å². The first kappa shape index (κ1) is 19.6. The van der Waals surface area contributed by atoms with Gasteiger partial charge in [-0.3, -0.25) is 9.36 Å². The Bertz CT molecular complexity index is 1250. The molecule has 0 unspecified atom stereocenters. The average molecular weight is 426 g/mol. The summed E-state index contributed by atoms with van der Waals surface area (Å²) in [4.78, 5) is 22.2. The summed E-state index contributed by atoms with van der Waals surface area (Å²) in [5.74, 6) is 0.472. The average Bonchev–Trinajstić information content (AvgIpc) is 3.06. The largest absolute Gasteiger partial charge is 0.326 e. The van der Waals surface area contributed by atoms with Crippen molar-refractivity contribution >= 4 is 44.8 Å². The highest BCUT2D eigenvalue weighted by atomic mass is 35.5. The van der Waals surface area contributed by atoms with Crippen molar-refractivity contribution < 1.29 is 0 Å². The van der Waals surface area contributed by atoms with E-state index in [1.807, 2.05) is 37.3 Å². The lowest BCUT2D eigenvalue weighted by atomic mass is 10.2. The van der Waals surface area contributed by atoms with Crippen molar-refractivity contribution in [2.75, 3.05) is 5.32 Å². The zero-order chi connectivity index (χ0) is 20.5. The number of nitrogens with zero attached hydrogens (tertiary/aromatic N) is 3. The fraction of sp³-hybridized carbons (Fsp3) is 0.190. The van der Waals surface area contributed by atoms with E-state index in [0.717, 1.165) is 26.5 Å². The van der Waals surface area contributed by atoms with Crippen molar-refractivity contribution in [1.29, 1.82) is 0 Å². The lowest BCUT2D eigenvalue weighted by molar-refractivity contribution is 0.724. The maximum absolute atomic E-state index is 13.1. The van der Waals surface area contributed by atoms with Gasteiger partial charge in [-0.1, -0.05) is 23.7 Å². The van der Waals surface area contributed by atoms with Gasteiger partial charge in [-0.05, 0) is 49.7 Å². The molecule has 8 heteroatoms. The highest BCUT2D eigenvalue weighted by molar-refractivity contribution is 7.18.